The first-order chi connectivity index (χ1) is 11.7. The van der Waals surface area contributed by atoms with E-state index in [1.54, 1.807) is 12.1 Å². The Morgan fingerprint density at radius 2 is 2.04 bits per heavy atom. The molecule has 0 spiro atoms. The Morgan fingerprint density at radius 1 is 1.29 bits per heavy atom. The minimum absolute atomic E-state index is 0.0658. The standard InChI is InChI=1S/C16H20FN5OS/c1-2-14-18-16(20-19-14)24-11-15(23)22-9-7-21(8-10-22)13-6-4-3-5-12(13)17/h3-6H,2,7-11H2,1H3,(H,18,19,20). The molecule has 0 atom stereocenters. The number of carbonyl (C=O) groups is 1. The summed E-state index contributed by atoms with van der Waals surface area (Å²) < 4.78 is 13.8. The van der Waals surface area contributed by atoms with Crippen molar-refractivity contribution in [1.82, 2.24) is 20.1 Å². The molecule has 0 bridgehead atoms. The van der Waals surface area contributed by atoms with Gasteiger partial charge in [0.15, 0.2) is 0 Å². The summed E-state index contributed by atoms with van der Waals surface area (Å²) in [6.45, 7) is 4.47. The fourth-order valence-electron chi connectivity index (χ4n) is 2.62. The van der Waals surface area contributed by atoms with Gasteiger partial charge in [-0.05, 0) is 12.1 Å². The van der Waals surface area contributed by atoms with Crippen LogP contribution >= 0.6 is 11.8 Å². The second-order valence-corrected chi connectivity index (χ2v) is 6.47. The third-order valence-electron chi connectivity index (χ3n) is 4.00. The van der Waals surface area contributed by atoms with Crippen molar-refractivity contribution in [1.29, 1.82) is 0 Å². The van der Waals surface area contributed by atoms with Gasteiger partial charge in [-0.1, -0.05) is 30.8 Å². The lowest BCUT2D eigenvalue weighted by Gasteiger charge is -2.36. The third kappa shape index (κ3) is 3.87. The topological polar surface area (TPSA) is 65.1 Å². The maximum Gasteiger partial charge on any atom is 0.233 e. The summed E-state index contributed by atoms with van der Waals surface area (Å²) in [4.78, 5) is 20.4. The first kappa shape index (κ1) is 16.8. The van der Waals surface area contributed by atoms with Gasteiger partial charge in [-0.3, -0.25) is 9.89 Å². The van der Waals surface area contributed by atoms with Crippen LogP contribution in [0.3, 0.4) is 0 Å². The number of hydrogen-bond acceptors (Lipinski definition) is 5. The number of amides is 1. The summed E-state index contributed by atoms with van der Waals surface area (Å²) in [5.41, 5.74) is 0.604. The molecule has 1 aromatic carbocycles. The molecule has 1 aliphatic rings. The van der Waals surface area contributed by atoms with Crippen LogP contribution in [0.4, 0.5) is 10.1 Å². The van der Waals surface area contributed by atoms with Crippen molar-refractivity contribution in [2.75, 3.05) is 36.8 Å². The Labute approximate surface area is 144 Å². The largest absolute Gasteiger partial charge is 0.366 e. The predicted molar refractivity (Wildman–Crippen MR) is 91.7 cm³/mol. The second-order valence-electron chi connectivity index (χ2n) is 5.53. The van der Waals surface area contributed by atoms with E-state index in [9.17, 15) is 9.18 Å². The Balaban J connectivity index is 1.49. The van der Waals surface area contributed by atoms with Crippen LogP contribution in [0.1, 0.15) is 12.7 Å². The summed E-state index contributed by atoms with van der Waals surface area (Å²) >= 11 is 1.34. The minimum Gasteiger partial charge on any atom is -0.366 e. The number of carbonyl (C=O) groups excluding carboxylic acids is 1. The van der Waals surface area contributed by atoms with Crippen LogP contribution in [-0.2, 0) is 11.2 Å². The number of H-pyrrole nitrogens is 1. The fraction of sp³-hybridized carbons (Fsp3) is 0.438. The van der Waals surface area contributed by atoms with Gasteiger partial charge < -0.3 is 9.80 Å². The zero-order valence-corrected chi connectivity index (χ0v) is 14.4. The van der Waals surface area contributed by atoms with Crippen LogP contribution in [0.25, 0.3) is 0 Å². The van der Waals surface area contributed by atoms with Crippen molar-refractivity contribution in [3.63, 3.8) is 0 Å². The highest BCUT2D eigenvalue weighted by atomic mass is 32.2. The number of aryl methyl sites for hydroxylation is 1. The van der Waals surface area contributed by atoms with Gasteiger partial charge in [-0.25, -0.2) is 9.37 Å². The molecule has 6 nitrogen and oxygen atoms in total. The van der Waals surface area contributed by atoms with Crippen molar-refractivity contribution < 1.29 is 9.18 Å². The van der Waals surface area contributed by atoms with Crippen LogP contribution in [-0.4, -0.2) is 57.9 Å². The molecule has 1 fully saturated rings. The first-order valence-electron chi connectivity index (χ1n) is 7.98. The molecule has 128 valence electrons. The highest BCUT2D eigenvalue weighted by Gasteiger charge is 2.22. The number of halogens is 1. The van der Waals surface area contributed by atoms with E-state index in [1.807, 2.05) is 22.8 Å². The normalized spacial score (nSPS) is 14.9. The number of piperazine rings is 1. The molecular weight excluding hydrogens is 329 g/mol. The lowest BCUT2D eigenvalue weighted by Crippen LogP contribution is -2.49. The van der Waals surface area contributed by atoms with Gasteiger partial charge in [-0.2, -0.15) is 0 Å². The monoisotopic (exact) mass is 349 g/mol. The quantitative estimate of drug-likeness (QED) is 0.836. The van der Waals surface area contributed by atoms with E-state index in [-0.39, 0.29) is 11.7 Å². The predicted octanol–water partition coefficient (Wildman–Crippen LogP) is 1.95. The van der Waals surface area contributed by atoms with Crippen LogP contribution in [0.2, 0.25) is 0 Å². The number of aromatic amines is 1. The second kappa shape index (κ2) is 7.65. The van der Waals surface area contributed by atoms with Crippen LogP contribution in [0.15, 0.2) is 29.4 Å². The number of nitrogens with zero attached hydrogens (tertiary/aromatic N) is 4. The Morgan fingerprint density at radius 3 is 2.71 bits per heavy atom. The number of rotatable bonds is 5. The van der Waals surface area contributed by atoms with E-state index in [4.69, 9.17) is 0 Å². The zero-order valence-electron chi connectivity index (χ0n) is 13.5. The summed E-state index contributed by atoms with van der Waals surface area (Å²) in [5, 5.41) is 7.51. The molecule has 1 N–H and O–H groups in total. The lowest BCUT2D eigenvalue weighted by atomic mass is 10.2. The number of thioether (sulfide) groups is 1. The van der Waals surface area contributed by atoms with Gasteiger partial charge in [0.25, 0.3) is 0 Å². The number of aromatic nitrogens is 3. The van der Waals surface area contributed by atoms with Gasteiger partial charge in [0.05, 0.1) is 11.4 Å². The number of anilines is 1. The number of hydrogen-bond donors (Lipinski definition) is 1. The van der Waals surface area contributed by atoms with E-state index >= 15 is 0 Å². The van der Waals surface area contributed by atoms with E-state index in [0.29, 0.717) is 42.8 Å². The van der Waals surface area contributed by atoms with E-state index in [0.717, 1.165) is 12.2 Å². The summed E-state index contributed by atoms with van der Waals surface area (Å²) in [5.74, 6) is 0.990. The van der Waals surface area contributed by atoms with Crippen LogP contribution in [0.5, 0.6) is 0 Å². The minimum atomic E-state index is -0.218. The van der Waals surface area contributed by atoms with Crippen molar-refractivity contribution >= 4 is 23.4 Å². The molecule has 2 aromatic rings. The van der Waals surface area contributed by atoms with Gasteiger partial charge in [0, 0.05) is 32.6 Å². The summed E-state index contributed by atoms with van der Waals surface area (Å²) in [6.07, 6.45) is 0.791. The summed E-state index contributed by atoms with van der Waals surface area (Å²) in [6, 6.07) is 6.75. The molecule has 24 heavy (non-hydrogen) atoms. The molecule has 1 aromatic heterocycles. The smallest absolute Gasteiger partial charge is 0.233 e. The maximum atomic E-state index is 13.8. The highest BCUT2D eigenvalue weighted by Crippen LogP contribution is 2.21. The van der Waals surface area contributed by atoms with Gasteiger partial charge in [-0.15, -0.1) is 5.10 Å². The Kier molecular flexibility index (Phi) is 5.34. The highest BCUT2D eigenvalue weighted by molar-refractivity contribution is 7.99. The third-order valence-corrected chi connectivity index (χ3v) is 4.83. The Bertz CT molecular complexity index is 699. The molecule has 2 heterocycles. The van der Waals surface area contributed by atoms with Crippen LogP contribution < -0.4 is 4.90 Å². The van der Waals surface area contributed by atoms with Gasteiger partial charge in [0.1, 0.15) is 11.6 Å². The van der Waals surface area contributed by atoms with Crippen LogP contribution in [0, 0.1) is 5.82 Å². The van der Waals surface area contributed by atoms with Gasteiger partial charge in [0.2, 0.25) is 11.1 Å². The van der Waals surface area contributed by atoms with E-state index in [2.05, 4.69) is 15.2 Å². The van der Waals surface area contributed by atoms with Crippen molar-refractivity contribution in [3.05, 3.63) is 35.9 Å². The van der Waals surface area contributed by atoms with E-state index in [1.165, 1.54) is 17.8 Å². The SMILES string of the molecule is CCc1nc(SCC(=O)N2CCN(c3ccccc3F)CC2)n[nH]1. The number of para-hydroxylation sites is 1. The maximum absolute atomic E-state index is 13.8. The molecule has 0 unspecified atom stereocenters. The zero-order chi connectivity index (χ0) is 16.9. The molecule has 1 amide bonds. The molecule has 1 saturated heterocycles. The molecule has 0 radical (unpaired) electrons. The average molecular weight is 349 g/mol. The average Bonchev–Trinajstić information content (AvgIpc) is 3.08. The first-order valence-corrected chi connectivity index (χ1v) is 8.97. The van der Waals surface area contributed by atoms with Crippen molar-refractivity contribution in [3.8, 4) is 0 Å². The van der Waals surface area contributed by atoms with Gasteiger partial charge >= 0.3 is 0 Å². The fourth-order valence-corrected chi connectivity index (χ4v) is 3.34. The molecule has 0 aliphatic carbocycles. The van der Waals surface area contributed by atoms with Crippen molar-refractivity contribution in [2.24, 2.45) is 0 Å². The lowest BCUT2D eigenvalue weighted by molar-refractivity contribution is -0.128. The molecule has 1 aliphatic heterocycles. The molecule has 0 saturated carbocycles. The molecule has 8 heteroatoms. The van der Waals surface area contributed by atoms with E-state index < -0.39 is 0 Å². The number of benzene rings is 1. The summed E-state index contributed by atoms with van der Waals surface area (Å²) in [7, 11) is 0. The molecular formula is C16H20FN5OS. The van der Waals surface area contributed by atoms with Crippen molar-refractivity contribution in [2.45, 2.75) is 18.5 Å². The Hall–Kier alpha value is -2.09. The molecule has 3 rings (SSSR count). The number of nitrogens with one attached hydrogen (secondary N) is 1.